The third kappa shape index (κ3) is 4.35. The second-order valence-corrected chi connectivity index (χ2v) is 4.38. The lowest BCUT2D eigenvalue weighted by Crippen LogP contribution is -2.42. The fourth-order valence-corrected chi connectivity index (χ4v) is 1.72. The summed E-state index contributed by atoms with van der Waals surface area (Å²) in [6.45, 7) is 1.78. The standard InChI is InChI=1S/C10H10IN3O5/c1-2-19-10(16)13-12-9(15)7-5-6(14(17)18)3-4-8(7)11/h3-5H,2H2,1H3,(H,12,15)(H,13,16). The molecule has 2 N–H and O–H groups in total. The fourth-order valence-electron chi connectivity index (χ4n) is 1.14. The number of non-ortho nitro benzene ring substituents is 1. The molecule has 0 atom stereocenters. The molecule has 19 heavy (non-hydrogen) atoms. The number of nitro benzene ring substituents is 1. The van der Waals surface area contributed by atoms with Crippen molar-refractivity contribution in [3.63, 3.8) is 0 Å². The van der Waals surface area contributed by atoms with Crippen LogP contribution < -0.4 is 10.9 Å². The first-order valence-electron chi connectivity index (χ1n) is 5.12. The maximum Gasteiger partial charge on any atom is 0.426 e. The largest absolute Gasteiger partial charge is 0.449 e. The Morgan fingerprint density at radius 1 is 1.42 bits per heavy atom. The van der Waals surface area contributed by atoms with Crippen molar-refractivity contribution in [2.75, 3.05) is 6.61 Å². The zero-order valence-electron chi connectivity index (χ0n) is 9.81. The van der Waals surface area contributed by atoms with Crippen molar-refractivity contribution in [1.29, 1.82) is 0 Å². The topological polar surface area (TPSA) is 111 Å². The van der Waals surface area contributed by atoms with Crippen molar-refractivity contribution in [3.05, 3.63) is 37.4 Å². The minimum atomic E-state index is -0.809. The number of nitrogens with one attached hydrogen (secondary N) is 2. The summed E-state index contributed by atoms with van der Waals surface area (Å²) in [6.07, 6.45) is -0.809. The molecule has 2 amide bonds. The highest BCUT2D eigenvalue weighted by Crippen LogP contribution is 2.19. The fraction of sp³-hybridized carbons (Fsp3) is 0.200. The number of ether oxygens (including phenoxy) is 1. The Balaban J connectivity index is 2.79. The van der Waals surface area contributed by atoms with Gasteiger partial charge in [0, 0.05) is 15.7 Å². The van der Waals surface area contributed by atoms with Gasteiger partial charge in [0.05, 0.1) is 17.1 Å². The monoisotopic (exact) mass is 379 g/mol. The molecule has 0 bridgehead atoms. The van der Waals surface area contributed by atoms with E-state index >= 15 is 0 Å². The van der Waals surface area contributed by atoms with Gasteiger partial charge in [-0.1, -0.05) is 0 Å². The molecule has 8 nitrogen and oxygen atoms in total. The molecule has 0 unspecified atom stereocenters. The third-order valence-electron chi connectivity index (χ3n) is 1.96. The highest BCUT2D eigenvalue weighted by atomic mass is 127. The van der Waals surface area contributed by atoms with Crippen LogP contribution in [0.25, 0.3) is 0 Å². The van der Waals surface area contributed by atoms with Gasteiger partial charge in [-0.25, -0.2) is 10.2 Å². The molecular weight excluding hydrogens is 369 g/mol. The average Bonchev–Trinajstić information content (AvgIpc) is 2.36. The summed E-state index contributed by atoms with van der Waals surface area (Å²) >= 11 is 1.86. The number of hydrogen-bond acceptors (Lipinski definition) is 5. The van der Waals surface area contributed by atoms with Crippen LogP contribution in [0.3, 0.4) is 0 Å². The van der Waals surface area contributed by atoms with Crippen LogP contribution >= 0.6 is 22.6 Å². The number of halogens is 1. The Morgan fingerprint density at radius 2 is 2.11 bits per heavy atom. The average molecular weight is 379 g/mol. The number of amides is 2. The number of nitrogens with zero attached hydrogens (tertiary/aromatic N) is 1. The van der Waals surface area contributed by atoms with E-state index in [0.717, 1.165) is 6.07 Å². The van der Waals surface area contributed by atoms with Crippen LogP contribution in [0.2, 0.25) is 0 Å². The van der Waals surface area contributed by atoms with E-state index in [1.165, 1.54) is 12.1 Å². The van der Waals surface area contributed by atoms with Gasteiger partial charge in [-0.3, -0.25) is 20.3 Å². The molecule has 0 aromatic heterocycles. The van der Waals surface area contributed by atoms with Crippen LogP contribution in [0.15, 0.2) is 18.2 Å². The van der Waals surface area contributed by atoms with Gasteiger partial charge in [-0.15, -0.1) is 0 Å². The molecule has 0 aliphatic heterocycles. The van der Waals surface area contributed by atoms with Gasteiger partial charge in [-0.05, 0) is 35.6 Å². The predicted octanol–water partition coefficient (Wildman–Crippen LogP) is 1.59. The number of rotatable bonds is 3. The lowest BCUT2D eigenvalue weighted by atomic mass is 10.2. The molecular formula is C10H10IN3O5. The molecule has 1 aromatic rings. The van der Waals surface area contributed by atoms with Crippen molar-refractivity contribution in [2.45, 2.75) is 6.92 Å². The van der Waals surface area contributed by atoms with Crippen molar-refractivity contribution in [3.8, 4) is 0 Å². The Kier molecular flexibility index (Phi) is 5.48. The summed E-state index contributed by atoms with van der Waals surface area (Å²) in [7, 11) is 0. The zero-order valence-corrected chi connectivity index (χ0v) is 12.0. The quantitative estimate of drug-likeness (QED) is 0.471. The molecule has 1 aromatic carbocycles. The smallest absolute Gasteiger partial charge is 0.426 e. The van der Waals surface area contributed by atoms with Gasteiger partial charge in [0.15, 0.2) is 0 Å². The maximum absolute atomic E-state index is 11.7. The molecule has 0 fully saturated rings. The first kappa shape index (κ1) is 15.1. The van der Waals surface area contributed by atoms with Crippen LogP contribution in [0.1, 0.15) is 17.3 Å². The van der Waals surface area contributed by atoms with E-state index in [0.29, 0.717) is 3.57 Å². The number of carbonyl (C=O) groups is 2. The van der Waals surface area contributed by atoms with Crippen LogP contribution in [-0.4, -0.2) is 23.5 Å². The molecule has 1 rings (SSSR count). The Hall–Kier alpha value is -1.91. The zero-order chi connectivity index (χ0) is 14.4. The number of benzene rings is 1. The molecule has 0 spiro atoms. The summed E-state index contributed by atoms with van der Waals surface area (Å²) in [5.41, 5.74) is 4.01. The van der Waals surface area contributed by atoms with Gasteiger partial charge >= 0.3 is 6.09 Å². The Bertz CT molecular complexity index is 520. The number of hydrazine groups is 1. The predicted molar refractivity (Wildman–Crippen MR) is 73.4 cm³/mol. The molecule has 0 radical (unpaired) electrons. The van der Waals surface area contributed by atoms with E-state index < -0.39 is 16.9 Å². The first-order valence-corrected chi connectivity index (χ1v) is 6.20. The van der Waals surface area contributed by atoms with Crippen molar-refractivity contribution in [1.82, 2.24) is 10.9 Å². The van der Waals surface area contributed by atoms with E-state index in [1.807, 2.05) is 28.0 Å². The normalized spacial score (nSPS) is 9.58. The molecule has 0 saturated heterocycles. The van der Waals surface area contributed by atoms with Gasteiger partial charge in [0.25, 0.3) is 11.6 Å². The number of carbonyl (C=O) groups excluding carboxylic acids is 2. The lowest BCUT2D eigenvalue weighted by Gasteiger charge is -2.08. The summed E-state index contributed by atoms with van der Waals surface area (Å²) < 4.78 is 5.07. The number of nitro groups is 1. The van der Waals surface area contributed by atoms with Crippen molar-refractivity contribution >= 4 is 40.3 Å². The van der Waals surface area contributed by atoms with Crippen LogP contribution in [-0.2, 0) is 4.74 Å². The third-order valence-corrected chi connectivity index (χ3v) is 2.90. The van der Waals surface area contributed by atoms with Gasteiger partial charge in [0.1, 0.15) is 0 Å². The summed E-state index contributed by atoms with van der Waals surface area (Å²) in [6, 6.07) is 3.86. The Morgan fingerprint density at radius 3 is 2.68 bits per heavy atom. The van der Waals surface area contributed by atoms with Crippen LogP contribution in [0.4, 0.5) is 10.5 Å². The van der Waals surface area contributed by atoms with E-state index in [9.17, 15) is 19.7 Å². The van der Waals surface area contributed by atoms with E-state index in [2.05, 4.69) is 10.2 Å². The minimum Gasteiger partial charge on any atom is -0.449 e. The van der Waals surface area contributed by atoms with Gasteiger partial charge in [0.2, 0.25) is 0 Å². The number of hydrogen-bond donors (Lipinski definition) is 2. The highest BCUT2D eigenvalue weighted by molar-refractivity contribution is 14.1. The first-order chi connectivity index (χ1) is 8.95. The van der Waals surface area contributed by atoms with Gasteiger partial charge in [-0.2, -0.15) is 0 Å². The van der Waals surface area contributed by atoms with Crippen LogP contribution in [0, 0.1) is 13.7 Å². The van der Waals surface area contributed by atoms with Crippen molar-refractivity contribution in [2.24, 2.45) is 0 Å². The molecule has 0 aliphatic carbocycles. The summed E-state index contributed by atoms with van der Waals surface area (Å²) in [5, 5.41) is 10.6. The van der Waals surface area contributed by atoms with E-state index in [4.69, 9.17) is 0 Å². The molecule has 0 heterocycles. The molecule has 0 aliphatic rings. The second kappa shape index (κ2) is 6.87. The molecule has 0 saturated carbocycles. The minimum absolute atomic E-state index is 0.0894. The van der Waals surface area contributed by atoms with E-state index in [1.54, 1.807) is 6.92 Å². The lowest BCUT2D eigenvalue weighted by molar-refractivity contribution is -0.384. The van der Waals surface area contributed by atoms with Crippen LogP contribution in [0.5, 0.6) is 0 Å². The molecule has 102 valence electrons. The summed E-state index contributed by atoms with van der Waals surface area (Å²) in [4.78, 5) is 32.7. The molecule has 9 heteroatoms. The van der Waals surface area contributed by atoms with Crippen molar-refractivity contribution < 1.29 is 19.2 Å². The maximum atomic E-state index is 11.7. The van der Waals surface area contributed by atoms with Gasteiger partial charge < -0.3 is 4.74 Å². The SMILES string of the molecule is CCOC(=O)NNC(=O)c1cc([N+](=O)[O-])ccc1I. The second-order valence-electron chi connectivity index (χ2n) is 3.22. The Labute approximate surface area is 121 Å². The van der Waals surface area contributed by atoms with E-state index in [-0.39, 0.29) is 17.9 Å². The highest BCUT2D eigenvalue weighted by Gasteiger charge is 2.16. The summed E-state index contributed by atoms with van der Waals surface area (Å²) in [5.74, 6) is -0.666.